The summed E-state index contributed by atoms with van der Waals surface area (Å²) in [6, 6.07) is 18.5. The van der Waals surface area contributed by atoms with Gasteiger partial charge in [0.05, 0.1) is 14.1 Å². The molecule has 2 aromatic carbocycles. The Hall–Kier alpha value is -2.33. The second kappa shape index (κ2) is 17.2. The van der Waals surface area contributed by atoms with E-state index in [1.54, 1.807) is 0 Å². The van der Waals surface area contributed by atoms with Crippen molar-refractivity contribution in [3.63, 3.8) is 0 Å². The summed E-state index contributed by atoms with van der Waals surface area (Å²) >= 11 is 0. The molecule has 4 nitrogen and oxygen atoms in total. The SMILES string of the molecule is CCCCCCCCCCc1cccc(OC(C)COC(=O)C(CCC)[N+](C)(C)Cc2ccccc2)c1. The van der Waals surface area contributed by atoms with Crippen molar-refractivity contribution in [1.82, 2.24) is 0 Å². The summed E-state index contributed by atoms with van der Waals surface area (Å²) in [5, 5.41) is 0. The number of carbonyl (C=O) groups excluding carboxylic acids is 1. The molecule has 2 aromatic rings. The van der Waals surface area contributed by atoms with E-state index in [4.69, 9.17) is 9.47 Å². The van der Waals surface area contributed by atoms with Crippen LogP contribution >= 0.6 is 0 Å². The molecule has 2 atom stereocenters. The lowest BCUT2D eigenvalue weighted by atomic mass is 10.0. The van der Waals surface area contributed by atoms with Crippen LogP contribution in [0.3, 0.4) is 0 Å². The molecule has 0 spiro atoms. The van der Waals surface area contributed by atoms with Crippen molar-refractivity contribution in [2.24, 2.45) is 0 Å². The molecule has 0 bridgehead atoms. The van der Waals surface area contributed by atoms with Crippen LogP contribution in [0.2, 0.25) is 0 Å². The molecule has 0 fully saturated rings. The smallest absolute Gasteiger partial charge is 0.365 e. The molecule has 0 aliphatic rings. The van der Waals surface area contributed by atoms with Gasteiger partial charge in [-0.05, 0) is 43.9 Å². The largest absolute Gasteiger partial charge is 0.487 e. The number of unbranched alkanes of at least 4 members (excludes halogenated alkanes) is 7. The zero-order valence-corrected chi connectivity index (χ0v) is 24.2. The van der Waals surface area contributed by atoms with Gasteiger partial charge in [-0.3, -0.25) is 0 Å². The second-order valence-electron chi connectivity index (χ2n) is 11.2. The maximum atomic E-state index is 13.1. The third kappa shape index (κ3) is 12.2. The molecule has 0 saturated heterocycles. The summed E-state index contributed by atoms with van der Waals surface area (Å²) in [7, 11) is 4.24. The summed E-state index contributed by atoms with van der Waals surface area (Å²) in [4.78, 5) is 13.1. The van der Waals surface area contributed by atoms with Crippen LogP contribution in [-0.2, 0) is 22.5 Å². The van der Waals surface area contributed by atoms with E-state index in [1.165, 1.54) is 62.5 Å². The number of nitrogens with zero attached hydrogens (tertiary/aromatic N) is 1. The van der Waals surface area contributed by atoms with Gasteiger partial charge in [-0.15, -0.1) is 0 Å². The Bertz CT molecular complexity index is 880. The average molecular weight is 511 g/mol. The maximum absolute atomic E-state index is 13.1. The Morgan fingerprint density at radius 3 is 2.14 bits per heavy atom. The van der Waals surface area contributed by atoms with E-state index in [1.807, 2.05) is 31.2 Å². The zero-order valence-electron chi connectivity index (χ0n) is 24.2. The van der Waals surface area contributed by atoms with Gasteiger partial charge in [0.2, 0.25) is 0 Å². The average Bonchev–Trinajstić information content (AvgIpc) is 2.88. The van der Waals surface area contributed by atoms with Crippen molar-refractivity contribution < 1.29 is 18.8 Å². The van der Waals surface area contributed by atoms with Crippen molar-refractivity contribution in [2.75, 3.05) is 20.7 Å². The molecule has 0 amide bonds. The molecule has 0 N–H and O–H groups in total. The molecule has 37 heavy (non-hydrogen) atoms. The van der Waals surface area contributed by atoms with Crippen LogP contribution in [-0.4, -0.2) is 43.3 Å². The number of hydrogen-bond donors (Lipinski definition) is 0. The van der Waals surface area contributed by atoms with E-state index < -0.39 is 0 Å². The number of carbonyl (C=O) groups is 1. The summed E-state index contributed by atoms with van der Waals surface area (Å²) < 4.78 is 12.5. The standard InChI is InChI=1S/C33H52NO3/c1-6-8-9-10-11-12-13-15-20-29-23-18-24-31(25-29)37-28(3)27-36-33(35)32(19-7-2)34(4,5)26-30-21-16-14-17-22-30/h14,16-18,21-25,28,32H,6-13,15,19-20,26-27H2,1-5H3/q+1. The van der Waals surface area contributed by atoms with Crippen molar-refractivity contribution in [3.05, 3.63) is 65.7 Å². The number of quaternary nitrogens is 1. The fraction of sp³-hybridized carbons (Fsp3) is 0.606. The fourth-order valence-electron chi connectivity index (χ4n) is 4.99. The minimum Gasteiger partial charge on any atom is -0.487 e. The second-order valence-corrected chi connectivity index (χ2v) is 11.2. The van der Waals surface area contributed by atoms with E-state index in [9.17, 15) is 4.79 Å². The van der Waals surface area contributed by atoms with Gasteiger partial charge in [-0.2, -0.15) is 0 Å². The van der Waals surface area contributed by atoms with Crippen LogP contribution < -0.4 is 4.74 Å². The summed E-state index contributed by atoms with van der Waals surface area (Å²) in [5.74, 6) is 0.715. The van der Waals surface area contributed by atoms with Crippen LogP contribution in [0.5, 0.6) is 5.75 Å². The summed E-state index contributed by atoms with van der Waals surface area (Å²) in [6.45, 7) is 7.40. The van der Waals surface area contributed by atoms with Gasteiger partial charge < -0.3 is 14.0 Å². The van der Waals surface area contributed by atoms with Crippen LogP contribution in [0.4, 0.5) is 0 Å². The van der Waals surface area contributed by atoms with Crippen LogP contribution in [0.1, 0.15) is 96.1 Å². The number of hydrogen-bond acceptors (Lipinski definition) is 3. The molecular weight excluding hydrogens is 458 g/mol. The van der Waals surface area contributed by atoms with Gasteiger partial charge >= 0.3 is 5.97 Å². The number of esters is 1. The highest BCUT2D eigenvalue weighted by Crippen LogP contribution is 2.21. The van der Waals surface area contributed by atoms with E-state index >= 15 is 0 Å². The van der Waals surface area contributed by atoms with E-state index in [0.29, 0.717) is 4.48 Å². The monoisotopic (exact) mass is 510 g/mol. The van der Waals surface area contributed by atoms with Gasteiger partial charge in [0.25, 0.3) is 0 Å². The third-order valence-corrected chi connectivity index (χ3v) is 7.13. The molecule has 0 saturated carbocycles. The van der Waals surface area contributed by atoms with E-state index in [-0.39, 0.29) is 24.7 Å². The Morgan fingerprint density at radius 1 is 0.811 bits per heavy atom. The molecule has 2 unspecified atom stereocenters. The normalized spacial score (nSPS) is 13.2. The molecule has 0 aliphatic heterocycles. The summed E-state index contributed by atoms with van der Waals surface area (Å²) in [5.41, 5.74) is 2.54. The maximum Gasteiger partial charge on any atom is 0.365 e. The minimum atomic E-state index is -0.202. The molecule has 4 heteroatoms. The zero-order chi connectivity index (χ0) is 26.9. The number of rotatable bonds is 19. The first-order valence-electron chi connectivity index (χ1n) is 14.6. The Labute approximate surface area is 227 Å². The lowest BCUT2D eigenvalue weighted by Crippen LogP contribution is -2.53. The van der Waals surface area contributed by atoms with Gasteiger partial charge in [-0.1, -0.05) is 101 Å². The number of ether oxygens (including phenoxy) is 2. The molecule has 0 heterocycles. The highest BCUT2D eigenvalue weighted by atomic mass is 16.6. The molecule has 0 radical (unpaired) electrons. The van der Waals surface area contributed by atoms with Gasteiger partial charge in [-0.25, -0.2) is 4.79 Å². The fourth-order valence-corrected chi connectivity index (χ4v) is 4.99. The first-order valence-corrected chi connectivity index (χ1v) is 14.6. The molecular formula is C33H52NO3+. The first kappa shape index (κ1) is 30.9. The third-order valence-electron chi connectivity index (χ3n) is 7.13. The van der Waals surface area contributed by atoms with E-state index in [2.05, 4.69) is 58.3 Å². The summed E-state index contributed by atoms with van der Waals surface area (Å²) in [6.07, 6.45) is 13.3. The molecule has 2 rings (SSSR count). The number of aryl methyl sites for hydroxylation is 1. The Morgan fingerprint density at radius 2 is 1.46 bits per heavy atom. The molecule has 206 valence electrons. The lowest BCUT2D eigenvalue weighted by molar-refractivity contribution is -0.920. The Balaban J connectivity index is 1.79. The first-order chi connectivity index (χ1) is 17.9. The van der Waals surface area contributed by atoms with E-state index in [0.717, 1.165) is 31.6 Å². The quantitative estimate of drug-likeness (QED) is 0.109. The van der Waals surface area contributed by atoms with Gasteiger partial charge in [0.1, 0.15) is 25.0 Å². The molecule has 0 aromatic heterocycles. The van der Waals surface area contributed by atoms with Crippen LogP contribution in [0.15, 0.2) is 54.6 Å². The van der Waals surface area contributed by atoms with Crippen molar-refractivity contribution in [1.29, 1.82) is 0 Å². The van der Waals surface area contributed by atoms with Crippen molar-refractivity contribution >= 4 is 5.97 Å². The molecule has 0 aliphatic carbocycles. The highest BCUT2D eigenvalue weighted by Gasteiger charge is 2.36. The van der Waals surface area contributed by atoms with Gasteiger partial charge in [0.15, 0.2) is 6.04 Å². The highest BCUT2D eigenvalue weighted by molar-refractivity contribution is 5.74. The number of benzene rings is 2. The Kier molecular flexibility index (Phi) is 14.4. The number of likely N-dealkylation sites (N-methyl/N-ethyl adjacent to an activating group) is 1. The van der Waals surface area contributed by atoms with Gasteiger partial charge in [0, 0.05) is 12.0 Å². The van der Waals surface area contributed by atoms with Crippen molar-refractivity contribution in [2.45, 2.75) is 110 Å². The minimum absolute atomic E-state index is 0.137. The lowest BCUT2D eigenvalue weighted by Gasteiger charge is -2.36. The predicted octanol–water partition coefficient (Wildman–Crippen LogP) is 8.13. The van der Waals surface area contributed by atoms with Crippen LogP contribution in [0, 0.1) is 0 Å². The van der Waals surface area contributed by atoms with Crippen LogP contribution in [0.25, 0.3) is 0 Å². The topological polar surface area (TPSA) is 35.5 Å². The van der Waals surface area contributed by atoms with Crippen molar-refractivity contribution in [3.8, 4) is 5.75 Å². The predicted molar refractivity (Wildman–Crippen MR) is 155 cm³/mol.